The van der Waals surface area contributed by atoms with Gasteiger partial charge in [-0.2, -0.15) is 0 Å². The van der Waals surface area contributed by atoms with Crippen LogP contribution in [0.2, 0.25) is 0 Å². The van der Waals surface area contributed by atoms with E-state index in [1.54, 1.807) is 13.3 Å². The maximum Gasteiger partial charge on any atom is 0.217 e. The van der Waals surface area contributed by atoms with Crippen LogP contribution in [0.1, 0.15) is 18.4 Å². The van der Waals surface area contributed by atoms with Gasteiger partial charge in [-0.1, -0.05) is 6.07 Å². The van der Waals surface area contributed by atoms with E-state index in [2.05, 4.69) is 10.3 Å². The van der Waals surface area contributed by atoms with Crippen molar-refractivity contribution in [1.29, 1.82) is 0 Å². The Kier molecular flexibility index (Phi) is 4.02. The largest absolute Gasteiger partial charge is 0.481 e. The molecular formula is C12H17ClN2O. The number of ether oxygens (including phenoxy) is 1. The lowest BCUT2D eigenvalue weighted by Gasteiger charge is -2.11. The summed E-state index contributed by atoms with van der Waals surface area (Å²) in [4.78, 5) is 4.15. The lowest BCUT2D eigenvalue weighted by molar-refractivity contribution is 0.390. The highest BCUT2D eigenvalue weighted by Gasteiger charge is 2.29. The van der Waals surface area contributed by atoms with Crippen LogP contribution in [0.15, 0.2) is 18.3 Å². The standard InChI is InChI=1S/C12H17ClN2O/c1-16-12-10(3-2-6-15-12)7-14-8-11(13)9-4-5-9/h2-3,6,9,11,14H,4-5,7-8H2,1H3. The Morgan fingerprint density at radius 2 is 2.44 bits per heavy atom. The first-order valence-electron chi connectivity index (χ1n) is 5.64. The quantitative estimate of drug-likeness (QED) is 0.775. The molecule has 0 spiro atoms. The van der Waals surface area contributed by atoms with Crippen LogP contribution in [0.4, 0.5) is 0 Å². The van der Waals surface area contributed by atoms with Crippen molar-refractivity contribution in [2.75, 3.05) is 13.7 Å². The van der Waals surface area contributed by atoms with E-state index in [-0.39, 0.29) is 5.38 Å². The second kappa shape index (κ2) is 5.51. The molecule has 0 amide bonds. The Labute approximate surface area is 101 Å². The molecule has 1 N–H and O–H groups in total. The monoisotopic (exact) mass is 240 g/mol. The first kappa shape index (κ1) is 11.7. The Morgan fingerprint density at radius 3 is 3.12 bits per heavy atom. The van der Waals surface area contributed by atoms with Gasteiger partial charge in [0.05, 0.1) is 7.11 Å². The summed E-state index contributed by atoms with van der Waals surface area (Å²) in [6.07, 6.45) is 4.30. The number of hydrogen-bond acceptors (Lipinski definition) is 3. The second-order valence-electron chi connectivity index (χ2n) is 4.16. The molecule has 1 atom stereocenters. The van der Waals surface area contributed by atoms with Gasteiger partial charge in [0, 0.05) is 30.2 Å². The predicted octanol–water partition coefficient (Wildman–Crippen LogP) is 2.20. The average Bonchev–Trinajstić information content (AvgIpc) is 3.13. The second-order valence-corrected chi connectivity index (χ2v) is 4.72. The van der Waals surface area contributed by atoms with Crippen LogP contribution in [0.5, 0.6) is 5.88 Å². The van der Waals surface area contributed by atoms with Crippen LogP contribution in [-0.4, -0.2) is 24.0 Å². The molecule has 4 heteroatoms. The summed E-state index contributed by atoms with van der Waals surface area (Å²) < 4.78 is 5.18. The fourth-order valence-electron chi connectivity index (χ4n) is 1.71. The minimum absolute atomic E-state index is 0.266. The molecule has 1 fully saturated rings. The smallest absolute Gasteiger partial charge is 0.217 e. The molecule has 1 aliphatic rings. The Bertz CT molecular complexity index is 342. The van der Waals surface area contributed by atoms with Gasteiger partial charge in [-0.3, -0.25) is 0 Å². The molecule has 1 saturated carbocycles. The molecule has 1 heterocycles. The van der Waals surface area contributed by atoms with Gasteiger partial charge in [-0.25, -0.2) is 4.98 Å². The lowest BCUT2D eigenvalue weighted by atomic mass is 10.2. The van der Waals surface area contributed by atoms with E-state index < -0.39 is 0 Å². The summed E-state index contributed by atoms with van der Waals surface area (Å²) in [7, 11) is 1.64. The molecule has 2 rings (SSSR count). The number of alkyl halides is 1. The van der Waals surface area contributed by atoms with E-state index in [4.69, 9.17) is 16.3 Å². The minimum atomic E-state index is 0.266. The Hall–Kier alpha value is -0.800. The zero-order valence-electron chi connectivity index (χ0n) is 9.45. The van der Waals surface area contributed by atoms with Gasteiger partial charge in [-0.05, 0) is 24.8 Å². The number of pyridine rings is 1. The third-order valence-corrected chi connectivity index (χ3v) is 3.34. The van der Waals surface area contributed by atoms with Crippen molar-refractivity contribution in [3.63, 3.8) is 0 Å². The van der Waals surface area contributed by atoms with Gasteiger partial charge >= 0.3 is 0 Å². The summed E-state index contributed by atoms with van der Waals surface area (Å²) in [5.74, 6) is 1.41. The van der Waals surface area contributed by atoms with Gasteiger partial charge in [0.15, 0.2) is 0 Å². The van der Waals surface area contributed by atoms with Crippen molar-refractivity contribution in [3.8, 4) is 5.88 Å². The summed E-state index contributed by atoms with van der Waals surface area (Å²) in [6.45, 7) is 1.61. The Morgan fingerprint density at radius 1 is 1.62 bits per heavy atom. The molecular weight excluding hydrogens is 224 g/mol. The third kappa shape index (κ3) is 3.09. The first-order chi connectivity index (χ1) is 7.81. The van der Waals surface area contributed by atoms with Crippen LogP contribution in [0.3, 0.4) is 0 Å². The normalized spacial score (nSPS) is 17.1. The van der Waals surface area contributed by atoms with Crippen LogP contribution >= 0.6 is 11.6 Å². The van der Waals surface area contributed by atoms with E-state index in [1.807, 2.05) is 12.1 Å². The highest BCUT2D eigenvalue weighted by Crippen LogP contribution is 2.35. The Balaban J connectivity index is 1.79. The minimum Gasteiger partial charge on any atom is -0.481 e. The van der Waals surface area contributed by atoms with Crippen molar-refractivity contribution in [2.24, 2.45) is 5.92 Å². The number of nitrogens with one attached hydrogen (secondary N) is 1. The van der Waals surface area contributed by atoms with Gasteiger partial charge in [-0.15, -0.1) is 11.6 Å². The maximum absolute atomic E-state index is 6.21. The van der Waals surface area contributed by atoms with E-state index >= 15 is 0 Å². The van der Waals surface area contributed by atoms with E-state index in [9.17, 15) is 0 Å². The van der Waals surface area contributed by atoms with Gasteiger partial charge in [0.2, 0.25) is 5.88 Å². The fraction of sp³-hybridized carbons (Fsp3) is 0.583. The van der Waals surface area contributed by atoms with Gasteiger partial charge < -0.3 is 10.1 Å². The van der Waals surface area contributed by atoms with Crippen molar-refractivity contribution >= 4 is 11.6 Å². The number of hydrogen-bond donors (Lipinski definition) is 1. The third-order valence-electron chi connectivity index (χ3n) is 2.83. The first-order valence-corrected chi connectivity index (χ1v) is 6.07. The SMILES string of the molecule is COc1ncccc1CNCC(Cl)C1CC1. The van der Waals surface area contributed by atoms with Crippen molar-refractivity contribution < 1.29 is 4.74 Å². The van der Waals surface area contributed by atoms with Gasteiger partial charge in [0.25, 0.3) is 0 Å². The fourth-order valence-corrected chi connectivity index (χ4v) is 2.07. The molecule has 0 bridgehead atoms. The molecule has 88 valence electrons. The van der Waals surface area contributed by atoms with Crippen LogP contribution in [0, 0.1) is 5.92 Å². The average molecular weight is 241 g/mol. The number of halogens is 1. The predicted molar refractivity (Wildman–Crippen MR) is 64.9 cm³/mol. The highest BCUT2D eigenvalue weighted by molar-refractivity contribution is 6.21. The van der Waals surface area contributed by atoms with Crippen LogP contribution in [0.25, 0.3) is 0 Å². The zero-order chi connectivity index (χ0) is 11.4. The van der Waals surface area contributed by atoms with Crippen LogP contribution in [-0.2, 0) is 6.54 Å². The molecule has 0 radical (unpaired) electrons. The topological polar surface area (TPSA) is 34.1 Å². The summed E-state index contributed by atoms with van der Waals surface area (Å²) in [5.41, 5.74) is 1.07. The molecule has 0 aromatic carbocycles. The van der Waals surface area contributed by atoms with Crippen molar-refractivity contribution in [1.82, 2.24) is 10.3 Å². The van der Waals surface area contributed by atoms with Gasteiger partial charge in [0.1, 0.15) is 0 Å². The molecule has 1 aliphatic carbocycles. The number of nitrogens with zero attached hydrogens (tertiary/aromatic N) is 1. The van der Waals surface area contributed by atoms with E-state index in [0.29, 0.717) is 5.88 Å². The zero-order valence-corrected chi connectivity index (χ0v) is 10.2. The lowest BCUT2D eigenvalue weighted by Crippen LogP contribution is -2.24. The maximum atomic E-state index is 6.21. The highest BCUT2D eigenvalue weighted by atomic mass is 35.5. The van der Waals surface area contributed by atoms with E-state index in [0.717, 1.165) is 24.6 Å². The molecule has 1 unspecified atom stereocenters. The number of methoxy groups -OCH3 is 1. The number of rotatable bonds is 6. The molecule has 16 heavy (non-hydrogen) atoms. The molecule has 0 saturated heterocycles. The molecule has 1 aromatic heterocycles. The molecule has 1 aromatic rings. The summed E-state index contributed by atoms with van der Waals surface area (Å²) in [6, 6.07) is 3.93. The van der Waals surface area contributed by atoms with Crippen molar-refractivity contribution in [2.45, 2.75) is 24.8 Å². The van der Waals surface area contributed by atoms with E-state index in [1.165, 1.54) is 12.8 Å². The summed E-state index contributed by atoms with van der Waals surface area (Å²) in [5, 5.41) is 3.61. The summed E-state index contributed by atoms with van der Waals surface area (Å²) >= 11 is 6.21. The van der Waals surface area contributed by atoms with Crippen LogP contribution < -0.4 is 10.1 Å². The molecule has 3 nitrogen and oxygen atoms in total. The van der Waals surface area contributed by atoms with Crippen molar-refractivity contribution in [3.05, 3.63) is 23.9 Å². The molecule has 0 aliphatic heterocycles. The number of aromatic nitrogens is 1.